The van der Waals surface area contributed by atoms with Gasteiger partial charge >= 0.3 is 0 Å². The molecule has 0 spiro atoms. The maximum absolute atomic E-state index is 10.6. The number of carbonyl (C=O) groups excluding carboxylic acids is 1. The van der Waals surface area contributed by atoms with Crippen LogP contribution in [0, 0.1) is 12.3 Å². The quantitative estimate of drug-likeness (QED) is 0.0579. The second kappa shape index (κ2) is 24.6. The van der Waals surface area contributed by atoms with Gasteiger partial charge in [0.1, 0.15) is 37.4 Å². The highest BCUT2D eigenvalue weighted by Crippen LogP contribution is 2.45. The van der Waals surface area contributed by atoms with Crippen molar-refractivity contribution in [3.8, 4) is 23.8 Å². The van der Waals surface area contributed by atoms with Crippen molar-refractivity contribution >= 4 is 16.0 Å². The number of nitrogens with one attached hydrogen (secondary N) is 1. The van der Waals surface area contributed by atoms with Gasteiger partial charge in [0.15, 0.2) is 0 Å². The van der Waals surface area contributed by atoms with E-state index in [0.29, 0.717) is 18.6 Å². The van der Waals surface area contributed by atoms with Crippen molar-refractivity contribution in [2.24, 2.45) is 0 Å². The first-order valence-corrected chi connectivity index (χ1v) is 22.1. The van der Waals surface area contributed by atoms with Gasteiger partial charge in [-0.3, -0.25) is 13.9 Å². The molecule has 2 atom stereocenters. The smallest absolute Gasteiger partial charge is 0.264 e. The molecule has 2 aromatic rings. The van der Waals surface area contributed by atoms with Gasteiger partial charge in [0.05, 0.1) is 24.6 Å². The summed E-state index contributed by atoms with van der Waals surface area (Å²) in [6, 6.07) is 16.6. The molecule has 1 aliphatic heterocycles. The number of rotatable bonds is 14. The lowest BCUT2D eigenvalue weighted by Gasteiger charge is -2.38. The molecule has 1 saturated heterocycles. The maximum Gasteiger partial charge on any atom is 0.264 e. The molecule has 2 aliphatic rings. The molecule has 12 heteroatoms. The van der Waals surface area contributed by atoms with Crippen molar-refractivity contribution in [2.75, 3.05) is 45.8 Å². The molecule has 58 heavy (non-hydrogen) atoms. The van der Waals surface area contributed by atoms with Crippen molar-refractivity contribution in [2.45, 2.75) is 142 Å². The van der Waals surface area contributed by atoms with Crippen LogP contribution in [-0.2, 0) is 29.2 Å². The van der Waals surface area contributed by atoms with E-state index in [4.69, 9.17) is 20.6 Å². The van der Waals surface area contributed by atoms with Crippen LogP contribution < -0.4 is 14.8 Å². The van der Waals surface area contributed by atoms with E-state index in [1.54, 1.807) is 20.8 Å². The van der Waals surface area contributed by atoms with Gasteiger partial charge in [-0.25, -0.2) is 0 Å². The summed E-state index contributed by atoms with van der Waals surface area (Å²) in [6.07, 6.45) is 12.8. The maximum atomic E-state index is 10.6. The highest BCUT2D eigenvalue weighted by Gasteiger charge is 2.35. The van der Waals surface area contributed by atoms with Crippen molar-refractivity contribution in [1.29, 1.82) is 0 Å². The summed E-state index contributed by atoms with van der Waals surface area (Å²) in [5.41, 5.74) is 2.24. The summed E-state index contributed by atoms with van der Waals surface area (Å²) in [5, 5.41) is 22.4. The SMILES string of the molecule is C#CCOCC(O)COc1ccc(C2(c3ccc(OCC(O)CC)cc3)CCCCC2)cc1.C=CC(=O)NC(C)(C)C.CC(C)(C)N1CC1.CC(C)(C)OS(C)(=O)=O. The Balaban J connectivity index is 0.000000540. The number of amides is 1. The third kappa shape index (κ3) is 23.2. The molecule has 1 heterocycles. The van der Waals surface area contributed by atoms with E-state index < -0.39 is 27.9 Å². The molecule has 0 aromatic heterocycles. The second-order valence-electron chi connectivity index (χ2n) is 17.7. The van der Waals surface area contributed by atoms with Crippen LogP contribution in [0.5, 0.6) is 11.5 Å². The van der Waals surface area contributed by atoms with Gasteiger partial charge in [0.2, 0.25) is 5.91 Å². The average Bonchev–Trinajstić information content (AvgIpc) is 3.99. The minimum absolute atomic E-state index is 0.0270. The summed E-state index contributed by atoms with van der Waals surface area (Å²) < 4.78 is 42.1. The molecule has 1 saturated carbocycles. The van der Waals surface area contributed by atoms with Gasteiger partial charge in [0.25, 0.3) is 10.1 Å². The number of aliphatic hydroxyl groups is 2. The Morgan fingerprint density at radius 3 is 1.62 bits per heavy atom. The fourth-order valence-electron chi connectivity index (χ4n) is 6.04. The summed E-state index contributed by atoms with van der Waals surface area (Å²) in [6.45, 7) is 26.3. The van der Waals surface area contributed by atoms with Crippen LogP contribution >= 0.6 is 0 Å². The number of nitrogens with zero attached hydrogens (tertiary/aromatic N) is 1. The number of hydrogen-bond donors (Lipinski definition) is 3. The van der Waals surface area contributed by atoms with Crippen LogP contribution in [0.2, 0.25) is 0 Å². The van der Waals surface area contributed by atoms with Crippen molar-refractivity contribution in [3.63, 3.8) is 0 Å². The number of carbonyl (C=O) groups is 1. The Bertz CT molecular complexity index is 1620. The van der Waals surface area contributed by atoms with E-state index in [0.717, 1.165) is 30.6 Å². The highest BCUT2D eigenvalue weighted by molar-refractivity contribution is 7.86. The van der Waals surface area contributed by atoms with Crippen molar-refractivity contribution in [3.05, 3.63) is 72.3 Å². The fourth-order valence-corrected chi connectivity index (χ4v) is 6.95. The number of hydrogen-bond acceptors (Lipinski definition) is 10. The Morgan fingerprint density at radius 2 is 1.33 bits per heavy atom. The minimum atomic E-state index is -3.28. The highest BCUT2D eigenvalue weighted by atomic mass is 32.2. The van der Waals surface area contributed by atoms with E-state index >= 15 is 0 Å². The Kier molecular flexibility index (Phi) is 22.3. The van der Waals surface area contributed by atoms with E-state index in [-0.39, 0.29) is 36.7 Å². The van der Waals surface area contributed by atoms with E-state index in [1.165, 1.54) is 49.6 Å². The predicted octanol–water partition coefficient (Wildman–Crippen LogP) is 7.42. The molecule has 1 amide bonds. The normalized spacial score (nSPS) is 16.2. The molecule has 2 aromatic carbocycles. The third-order valence-corrected chi connectivity index (χ3v) is 9.66. The number of ether oxygens (including phenoxy) is 3. The second-order valence-corrected chi connectivity index (χ2v) is 19.3. The van der Waals surface area contributed by atoms with Crippen molar-refractivity contribution < 1.29 is 41.8 Å². The lowest BCUT2D eigenvalue weighted by molar-refractivity contribution is -0.117. The monoisotopic (exact) mass is 831 g/mol. The topological polar surface area (TPSA) is 144 Å². The first-order valence-electron chi connectivity index (χ1n) is 20.3. The van der Waals surface area contributed by atoms with Crippen LogP contribution in [0.1, 0.15) is 119 Å². The van der Waals surface area contributed by atoms with Gasteiger partial charge in [-0.1, -0.05) is 63.0 Å². The van der Waals surface area contributed by atoms with Gasteiger partial charge < -0.3 is 29.7 Å². The molecule has 2 fully saturated rings. The van der Waals surface area contributed by atoms with Gasteiger partial charge in [0, 0.05) is 29.6 Å². The van der Waals surface area contributed by atoms with Gasteiger partial charge in [-0.2, -0.15) is 8.42 Å². The Labute approximate surface area is 351 Å². The number of terminal acetylenes is 1. The molecule has 3 N–H and O–H groups in total. The molecule has 2 unspecified atom stereocenters. The Morgan fingerprint density at radius 1 is 0.862 bits per heavy atom. The lowest BCUT2D eigenvalue weighted by atomic mass is 9.65. The van der Waals surface area contributed by atoms with Gasteiger partial charge in [-0.15, -0.1) is 6.42 Å². The number of benzene rings is 2. The molecule has 328 valence electrons. The van der Waals surface area contributed by atoms with Gasteiger partial charge in [-0.05, 0) is 123 Å². The van der Waals surface area contributed by atoms with E-state index in [1.807, 2.05) is 52.0 Å². The summed E-state index contributed by atoms with van der Waals surface area (Å²) in [4.78, 5) is 13.0. The van der Waals surface area contributed by atoms with E-state index in [9.17, 15) is 23.4 Å². The average molecular weight is 831 g/mol. The third-order valence-electron chi connectivity index (χ3n) is 8.85. The predicted molar refractivity (Wildman–Crippen MR) is 235 cm³/mol. The fraction of sp³-hybridized carbons (Fsp3) is 0.630. The van der Waals surface area contributed by atoms with E-state index in [2.05, 4.69) is 71.9 Å². The zero-order valence-corrected chi connectivity index (χ0v) is 38.0. The van der Waals surface area contributed by atoms with Crippen LogP contribution in [0.25, 0.3) is 0 Å². The zero-order chi connectivity index (χ0) is 44.2. The first kappa shape index (κ1) is 52.6. The molecule has 11 nitrogen and oxygen atoms in total. The summed E-state index contributed by atoms with van der Waals surface area (Å²) in [7, 11) is -3.28. The molecule has 0 radical (unpaired) electrons. The largest absolute Gasteiger partial charge is 0.491 e. The zero-order valence-electron chi connectivity index (χ0n) is 37.2. The minimum Gasteiger partial charge on any atom is -0.491 e. The molecular formula is C46H74N2O9S. The summed E-state index contributed by atoms with van der Waals surface area (Å²) >= 11 is 0. The molecule has 0 bridgehead atoms. The van der Waals surface area contributed by atoms with Crippen LogP contribution in [0.3, 0.4) is 0 Å². The van der Waals surface area contributed by atoms with Crippen LogP contribution in [-0.4, -0.2) is 104 Å². The Hall–Kier alpha value is -3.44. The summed E-state index contributed by atoms with van der Waals surface area (Å²) in [5.74, 6) is 3.76. The standard InChI is InChI=1S/C28H36O5.C7H13NO.C6H13N.C5H12O3S/c1-3-18-31-19-25(30)21-33-27-14-10-23(11-15-27)28(16-6-5-7-17-28)22-8-12-26(13-9-22)32-20-24(29)4-2;1-5-6(9)8-7(2,3)4;1-6(2,3)7-4-5-7;1-5(2,3)8-9(4,6)7/h1,8-15,24-25,29-30H,4-7,16-21H2,2H3;5H,1H2,2-4H3,(H,8,9);4-5H2,1-3H3;1-4H3. The van der Waals surface area contributed by atoms with Crippen LogP contribution in [0.15, 0.2) is 61.2 Å². The molecular weight excluding hydrogens is 757 g/mol. The van der Waals surface area contributed by atoms with Crippen LogP contribution in [0.4, 0.5) is 0 Å². The molecule has 1 aliphatic carbocycles. The first-order chi connectivity index (χ1) is 26.8. The molecule has 4 rings (SSSR count). The lowest BCUT2D eigenvalue weighted by Crippen LogP contribution is -2.39. The van der Waals surface area contributed by atoms with Crippen molar-refractivity contribution in [1.82, 2.24) is 10.2 Å². The number of aliphatic hydroxyl groups excluding tert-OH is 2.